The van der Waals surface area contributed by atoms with Crippen LogP contribution in [0.25, 0.3) is 0 Å². The van der Waals surface area contributed by atoms with Crippen LogP contribution in [-0.2, 0) is 10.5 Å². The van der Waals surface area contributed by atoms with E-state index >= 15 is 0 Å². The van der Waals surface area contributed by atoms with E-state index in [9.17, 15) is 4.79 Å². The van der Waals surface area contributed by atoms with Crippen LogP contribution in [0, 0.1) is 5.92 Å². The molecule has 1 atom stereocenters. The zero-order chi connectivity index (χ0) is 19.6. The van der Waals surface area contributed by atoms with Crippen LogP contribution in [0.2, 0.25) is 0 Å². The Kier molecular flexibility index (Phi) is 5.11. The van der Waals surface area contributed by atoms with E-state index in [4.69, 9.17) is 0 Å². The van der Waals surface area contributed by atoms with Gasteiger partial charge in [0.1, 0.15) is 0 Å². The van der Waals surface area contributed by atoms with Gasteiger partial charge in [0.2, 0.25) is 5.91 Å². The molecule has 146 valence electrons. The van der Waals surface area contributed by atoms with E-state index in [1.807, 2.05) is 12.1 Å². The molecule has 2 aromatic carbocycles. The third-order valence-electron chi connectivity index (χ3n) is 6.24. The van der Waals surface area contributed by atoms with E-state index in [1.165, 1.54) is 27.8 Å². The summed E-state index contributed by atoms with van der Waals surface area (Å²) in [6, 6.07) is 21.7. The molecule has 1 heterocycles. The zero-order valence-corrected chi connectivity index (χ0v) is 17.1. The molecule has 1 N–H and O–H groups in total. The van der Waals surface area contributed by atoms with Crippen LogP contribution in [-0.4, -0.2) is 23.2 Å². The van der Waals surface area contributed by atoms with Gasteiger partial charge in [0.15, 0.2) is 0 Å². The standard InChI is InChI=1S/C25H24N2OS/c28-24(16-29-15-17-9-11-26-12-10-17)27-14-18-13-23-19-5-1-3-7-21(19)25(18)22-8-4-2-6-20(22)23/h1-12,18,23,25H,13-16H2,(H,27,28). The number of fused-ring (bicyclic) bond motifs is 1. The van der Waals surface area contributed by atoms with E-state index < -0.39 is 0 Å². The predicted molar refractivity (Wildman–Crippen MR) is 118 cm³/mol. The third kappa shape index (κ3) is 3.58. The van der Waals surface area contributed by atoms with Crippen LogP contribution in [0.15, 0.2) is 73.1 Å². The van der Waals surface area contributed by atoms with E-state index in [1.54, 1.807) is 24.2 Å². The van der Waals surface area contributed by atoms with Crippen molar-refractivity contribution in [1.82, 2.24) is 10.3 Å². The molecule has 0 radical (unpaired) electrons. The number of amides is 1. The summed E-state index contributed by atoms with van der Waals surface area (Å²) < 4.78 is 0. The quantitative estimate of drug-likeness (QED) is 0.650. The minimum Gasteiger partial charge on any atom is -0.355 e. The molecule has 1 amide bonds. The van der Waals surface area contributed by atoms with E-state index in [0.29, 0.717) is 23.5 Å². The van der Waals surface area contributed by atoms with Crippen molar-refractivity contribution < 1.29 is 4.79 Å². The molecule has 2 bridgehead atoms. The lowest BCUT2D eigenvalue weighted by molar-refractivity contribution is -0.118. The number of nitrogens with zero attached hydrogens (tertiary/aromatic N) is 1. The van der Waals surface area contributed by atoms with Gasteiger partial charge in [-0.1, -0.05) is 48.5 Å². The molecule has 3 aliphatic rings. The van der Waals surface area contributed by atoms with Crippen molar-refractivity contribution in [2.75, 3.05) is 12.3 Å². The summed E-state index contributed by atoms with van der Waals surface area (Å²) in [6.07, 6.45) is 4.71. The predicted octanol–water partition coefficient (Wildman–Crippen LogP) is 4.73. The first-order valence-corrected chi connectivity index (χ1v) is 11.4. The van der Waals surface area contributed by atoms with Gasteiger partial charge in [-0.3, -0.25) is 9.78 Å². The number of carbonyl (C=O) groups excluding carboxylic acids is 1. The molecule has 0 aliphatic heterocycles. The lowest BCUT2D eigenvalue weighted by Gasteiger charge is -2.45. The molecule has 0 spiro atoms. The van der Waals surface area contributed by atoms with Gasteiger partial charge in [0, 0.05) is 36.5 Å². The summed E-state index contributed by atoms with van der Waals surface area (Å²) in [5.41, 5.74) is 7.07. The van der Waals surface area contributed by atoms with Gasteiger partial charge in [-0.2, -0.15) is 0 Å². The van der Waals surface area contributed by atoms with E-state index in [2.05, 4.69) is 58.8 Å². The monoisotopic (exact) mass is 400 g/mol. The Morgan fingerprint density at radius 1 is 0.931 bits per heavy atom. The Morgan fingerprint density at radius 2 is 1.55 bits per heavy atom. The van der Waals surface area contributed by atoms with Crippen LogP contribution in [0.5, 0.6) is 0 Å². The first-order valence-electron chi connectivity index (χ1n) is 10.2. The van der Waals surface area contributed by atoms with Crippen LogP contribution in [0.1, 0.15) is 46.1 Å². The molecule has 3 aromatic rings. The van der Waals surface area contributed by atoms with Gasteiger partial charge in [0.05, 0.1) is 5.75 Å². The lowest BCUT2D eigenvalue weighted by Crippen LogP contribution is -2.39. The average molecular weight is 401 g/mol. The number of rotatable bonds is 6. The van der Waals surface area contributed by atoms with E-state index in [-0.39, 0.29) is 5.91 Å². The maximum atomic E-state index is 12.4. The molecule has 6 rings (SSSR count). The largest absolute Gasteiger partial charge is 0.355 e. The van der Waals surface area contributed by atoms with Crippen LogP contribution >= 0.6 is 11.8 Å². The molecule has 1 unspecified atom stereocenters. The van der Waals surface area contributed by atoms with Crippen molar-refractivity contribution in [1.29, 1.82) is 0 Å². The molecule has 4 heteroatoms. The van der Waals surface area contributed by atoms with Crippen molar-refractivity contribution in [2.45, 2.75) is 24.0 Å². The molecule has 0 saturated carbocycles. The van der Waals surface area contributed by atoms with Gasteiger partial charge in [-0.25, -0.2) is 0 Å². The number of aromatic nitrogens is 1. The van der Waals surface area contributed by atoms with Crippen molar-refractivity contribution in [3.63, 3.8) is 0 Å². The van der Waals surface area contributed by atoms with Gasteiger partial charge in [0.25, 0.3) is 0 Å². The second-order valence-corrected chi connectivity index (χ2v) is 8.92. The Bertz CT molecular complexity index is 973. The third-order valence-corrected chi connectivity index (χ3v) is 7.24. The molecule has 3 nitrogen and oxygen atoms in total. The minimum absolute atomic E-state index is 0.132. The van der Waals surface area contributed by atoms with Gasteiger partial charge in [-0.15, -0.1) is 11.8 Å². The Morgan fingerprint density at radius 3 is 2.21 bits per heavy atom. The highest BCUT2D eigenvalue weighted by Gasteiger charge is 2.42. The summed E-state index contributed by atoms with van der Waals surface area (Å²) in [5.74, 6) is 2.76. The van der Waals surface area contributed by atoms with Crippen LogP contribution < -0.4 is 5.32 Å². The highest BCUT2D eigenvalue weighted by Crippen LogP contribution is 2.55. The average Bonchev–Trinajstić information content (AvgIpc) is 2.78. The van der Waals surface area contributed by atoms with Crippen LogP contribution in [0.3, 0.4) is 0 Å². The second-order valence-electron chi connectivity index (χ2n) is 7.94. The summed E-state index contributed by atoms with van der Waals surface area (Å²) >= 11 is 1.65. The molecule has 0 saturated heterocycles. The Hall–Kier alpha value is -2.59. The van der Waals surface area contributed by atoms with Gasteiger partial charge >= 0.3 is 0 Å². The first kappa shape index (κ1) is 18.4. The maximum Gasteiger partial charge on any atom is 0.230 e. The maximum absolute atomic E-state index is 12.4. The normalized spacial score (nSPS) is 21.3. The molecule has 0 fully saturated rings. The first-order chi connectivity index (χ1) is 14.3. The number of carbonyl (C=O) groups is 1. The number of hydrogen-bond acceptors (Lipinski definition) is 3. The fraction of sp³-hybridized carbons (Fsp3) is 0.280. The zero-order valence-electron chi connectivity index (χ0n) is 16.3. The Labute approximate surface area is 176 Å². The molecule has 3 aliphatic carbocycles. The summed E-state index contributed by atoms with van der Waals surface area (Å²) in [5, 5.41) is 3.21. The minimum atomic E-state index is 0.132. The highest BCUT2D eigenvalue weighted by molar-refractivity contribution is 7.99. The number of pyridine rings is 1. The van der Waals surface area contributed by atoms with Crippen LogP contribution in [0.4, 0.5) is 0 Å². The van der Waals surface area contributed by atoms with Crippen molar-refractivity contribution in [2.24, 2.45) is 5.92 Å². The topological polar surface area (TPSA) is 42.0 Å². The van der Waals surface area contributed by atoms with Crippen molar-refractivity contribution >= 4 is 17.7 Å². The lowest BCUT2D eigenvalue weighted by atomic mass is 9.59. The smallest absolute Gasteiger partial charge is 0.230 e. The molecule has 29 heavy (non-hydrogen) atoms. The molecular weight excluding hydrogens is 376 g/mol. The van der Waals surface area contributed by atoms with Gasteiger partial charge < -0.3 is 5.32 Å². The summed E-state index contributed by atoms with van der Waals surface area (Å²) in [6.45, 7) is 0.748. The fourth-order valence-corrected chi connectivity index (χ4v) is 5.81. The SMILES string of the molecule is O=C(CSCc1ccncc1)NCC1CC2c3ccccc3C1c1ccccc12. The summed E-state index contributed by atoms with van der Waals surface area (Å²) in [7, 11) is 0. The number of benzene rings is 2. The Balaban J connectivity index is 1.24. The second kappa shape index (κ2) is 8.03. The number of hydrogen-bond donors (Lipinski definition) is 1. The van der Waals surface area contributed by atoms with E-state index in [0.717, 1.165) is 18.7 Å². The van der Waals surface area contributed by atoms with Crippen molar-refractivity contribution in [3.8, 4) is 0 Å². The summed E-state index contributed by atoms with van der Waals surface area (Å²) in [4.78, 5) is 16.5. The van der Waals surface area contributed by atoms with Crippen molar-refractivity contribution in [3.05, 3.63) is 101 Å². The molecule has 1 aromatic heterocycles. The highest BCUT2D eigenvalue weighted by atomic mass is 32.2. The van der Waals surface area contributed by atoms with Gasteiger partial charge in [-0.05, 0) is 52.3 Å². The number of thioether (sulfide) groups is 1. The number of nitrogens with one attached hydrogen (secondary N) is 1. The molecular formula is C25H24N2OS. The fourth-order valence-electron chi connectivity index (χ4n) is 5.00.